The van der Waals surface area contributed by atoms with Gasteiger partial charge in [-0.05, 0) is 36.4 Å². The van der Waals surface area contributed by atoms with Crippen LogP contribution in [-0.4, -0.2) is 21.8 Å². The van der Waals surface area contributed by atoms with Gasteiger partial charge in [0.1, 0.15) is 5.01 Å². The van der Waals surface area contributed by atoms with Gasteiger partial charge in [0.2, 0.25) is 5.91 Å². The van der Waals surface area contributed by atoms with Gasteiger partial charge in [0.25, 0.3) is 0 Å². The number of thiophene rings is 1. The van der Waals surface area contributed by atoms with E-state index in [1.165, 1.54) is 23.5 Å². The molecule has 28 heavy (non-hydrogen) atoms. The predicted octanol–water partition coefficient (Wildman–Crippen LogP) is 5.62. The van der Waals surface area contributed by atoms with Crippen LogP contribution < -0.4 is 0 Å². The molecule has 0 saturated heterocycles. The fourth-order valence-corrected chi connectivity index (χ4v) is 4.49. The molecule has 0 radical (unpaired) electrons. The summed E-state index contributed by atoms with van der Waals surface area (Å²) < 4.78 is 38.1. The van der Waals surface area contributed by atoms with Crippen LogP contribution in [0, 0.1) is 0 Å². The summed E-state index contributed by atoms with van der Waals surface area (Å²) in [6.07, 6.45) is -2.08. The molecule has 0 unspecified atom stereocenters. The number of carbonyl (C=O) groups is 1. The number of nitrogens with zero attached hydrogens (tertiary/aromatic N) is 2. The molecular weight excluding hydrogens is 405 g/mol. The van der Waals surface area contributed by atoms with Crippen molar-refractivity contribution >= 4 is 28.6 Å². The smallest absolute Gasteiger partial charge is 0.334 e. The van der Waals surface area contributed by atoms with Crippen molar-refractivity contribution in [2.24, 2.45) is 0 Å². The van der Waals surface area contributed by atoms with Crippen molar-refractivity contribution < 1.29 is 18.0 Å². The zero-order valence-electron chi connectivity index (χ0n) is 14.8. The molecular formula is C20H17F3N2OS2. The fraction of sp³-hybridized carbons (Fsp3) is 0.300. The number of rotatable bonds is 6. The molecule has 4 rings (SSSR count). The Bertz CT molecular complexity index is 945. The first kappa shape index (κ1) is 19.1. The predicted molar refractivity (Wildman–Crippen MR) is 104 cm³/mol. The second-order valence-electron chi connectivity index (χ2n) is 6.73. The van der Waals surface area contributed by atoms with E-state index in [1.54, 1.807) is 16.7 Å². The van der Waals surface area contributed by atoms with Gasteiger partial charge in [0, 0.05) is 21.9 Å². The molecule has 0 aliphatic heterocycles. The fourth-order valence-electron chi connectivity index (χ4n) is 2.96. The van der Waals surface area contributed by atoms with E-state index in [9.17, 15) is 18.0 Å². The zero-order chi connectivity index (χ0) is 19.7. The van der Waals surface area contributed by atoms with Crippen molar-refractivity contribution in [2.75, 3.05) is 0 Å². The van der Waals surface area contributed by atoms with Crippen LogP contribution in [0.2, 0.25) is 0 Å². The van der Waals surface area contributed by atoms with Crippen LogP contribution in [0.15, 0.2) is 47.2 Å². The summed E-state index contributed by atoms with van der Waals surface area (Å²) in [5, 5.41) is 4.43. The van der Waals surface area contributed by atoms with Gasteiger partial charge < -0.3 is 4.90 Å². The van der Waals surface area contributed by atoms with Gasteiger partial charge in [-0.2, -0.15) is 13.2 Å². The number of thiazole rings is 1. The first-order valence-electron chi connectivity index (χ1n) is 8.84. The Morgan fingerprint density at radius 3 is 2.50 bits per heavy atom. The van der Waals surface area contributed by atoms with Gasteiger partial charge in [-0.25, -0.2) is 4.98 Å². The van der Waals surface area contributed by atoms with Crippen LogP contribution in [0.5, 0.6) is 0 Å². The van der Waals surface area contributed by atoms with Crippen molar-refractivity contribution in [3.63, 3.8) is 0 Å². The Morgan fingerprint density at radius 2 is 1.89 bits per heavy atom. The Labute approximate surface area is 168 Å². The van der Waals surface area contributed by atoms with Crippen molar-refractivity contribution in [3.05, 3.63) is 63.3 Å². The summed E-state index contributed by atoms with van der Waals surface area (Å²) in [5.41, 5.74) is 0.591. The highest BCUT2D eigenvalue weighted by Crippen LogP contribution is 2.33. The molecule has 0 atom stereocenters. The van der Waals surface area contributed by atoms with Crippen molar-refractivity contribution in [1.29, 1.82) is 0 Å². The minimum absolute atomic E-state index is 0.0418. The highest BCUT2D eigenvalue weighted by molar-refractivity contribution is 7.13. The number of hydrogen-bond donors (Lipinski definition) is 0. The van der Waals surface area contributed by atoms with Gasteiger partial charge in [-0.1, -0.05) is 18.2 Å². The molecule has 0 spiro atoms. The molecule has 1 amide bonds. The van der Waals surface area contributed by atoms with Gasteiger partial charge in [-0.15, -0.1) is 22.7 Å². The molecule has 0 N–H and O–H groups in total. The van der Waals surface area contributed by atoms with Crippen LogP contribution in [-0.2, 0) is 23.9 Å². The minimum atomic E-state index is -4.35. The van der Waals surface area contributed by atoms with Crippen LogP contribution in [0.1, 0.15) is 29.0 Å². The molecule has 1 saturated carbocycles. The van der Waals surface area contributed by atoms with E-state index >= 15 is 0 Å². The molecule has 1 aliphatic rings. The summed E-state index contributed by atoms with van der Waals surface area (Å²) in [4.78, 5) is 20.3. The Morgan fingerprint density at radius 1 is 1.14 bits per heavy atom. The van der Waals surface area contributed by atoms with Gasteiger partial charge in [0.15, 0.2) is 0 Å². The van der Waals surface area contributed by atoms with Crippen LogP contribution in [0.4, 0.5) is 13.2 Å². The normalized spacial score (nSPS) is 14.2. The lowest BCUT2D eigenvalue weighted by molar-refractivity contribution is -0.137. The number of halogens is 3. The largest absolute Gasteiger partial charge is 0.416 e. The van der Waals surface area contributed by atoms with Crippen LogP contribution >= 0.6 is 22.7 Å². The third-order valence-electron chi connectivity index (χ3n) is 4.56. The van der Waals surface area contributed by atoms with E-state index in [1.807, 2.05) is 22.4 Å². The van der Waals surface area contributed by atoms with Gasteiger partial charge >= 0.3 is 6.18 Å². The standard InChI is InChI=1S/C20H17F3N2OS2/c21-20(22,23)14-5-3-13(4-6-14)19-24-15(12-28-19)10-18(26)25(16-7-8-16)11-17-2-1-9-27-17/h1-6,9,12,16H,7-8,10-11H2. The molecule has 146 valence electrons. The number of aromatic nitrogens is 1. The average Bonchev–Trinajstić information content (AvgIpc) is 3.16. The number of alkyl halides is 3. The highest BCUT2D eigenvalue weighted by atomic mass is 32.1. The zero-order valence-corrected chi connectivity index (χ0v) is 16.4. The lowest BCUT2D eigenvalue weighted by atomic mass is 10.1. The molecule has 8 heteroatoms. The molecule has 2 aromatic heterocycles. The Hall–Kier alpha value is -2.19. The first-order chi connectivity index (χ1) is 13.4. The molecule has 3 nitrogen and oxygen atoms in total. The van der Waals surface area contributed by atoms with E-state index < -0.39 is 11.7 Å². The Balaban J connectivity index is 1.44. The van der Waals surface area contributed by atoms with Gasteiger partial charge in [-0.3, -0.25) is 4.79 Å². The number of amides is 1. The monoisotopic (exact) mass is 422 g/mol. The van der Waals surface area contributed by atoms with E-state index in [-0.39, 0.29) is 12.3 Å². The maximum atomic E-state index is 12.8. The second kappa shape index (κ2) is 7.67. The lowest BCUT2D eigenvalue weighted by Gasteiger charge is -2.21. The summed E-state index contributed by atoms with van der Waals surface area (Å²) in [7, 11) is 0. The molecule has 1 fully saturated rings. The summed E-state index contributed by atoms with van der Waals surface area (Å²) in [6.45, 7) is 0.622. The third-order valence-corrected chi connectivity index (χ3v) is 6.36. The number of benzene rings is 1. The Kier molecular flexibility index (Phi) is 5.25. The maximum absolute atomic E-state index is 12.8. The van der Waals surface area contributed by atoms with Crippen LogP contribution in [0.25, 0.3) is 10.6 Å². The second-order valence-corrected chi connectivity index (χ2v) is 8.62. The van der Waals surface area contributed by atoms with Crippen LogP contribution in [0.3, 0.4) is 0 Å². The average molecular weight is 422 g/mol. The summed E-state index contributed by atoms with van der Waals surface area (Å²) >= 11 is 2.97. The molecule has 1 aromatic carbocycles. The van der Waals surface area contributed by atoms with Crippen molar-refractivity contribution in [2.45, 2.75) is 38.0 Å². The number of hydrogen-bond acceptors (Lipinski definition) is 4. The third kappa shape index (κ3) is 4.44. The summed E-state index contributed by atoms with van der Waals surface area (Å²) in [6, 6.07) is 9.25. The summed E-state index contributed by atoms with van der Waals surface area (Å²) in [5.74, 6) is 0.0418. The lowest BCUT2D eigenvalue weighted by Crippen LogP contribution is -2.33. The first-order valence-corrected chi connectivity index (χ1v) is 10.6. The SMILES string of the molecule is O=C(Cc1csc(-c2ccc(C(F)(F)F)cc2)n1)N(Cc1cccs1)C1CC1. The van der Waals surface area contributed by atoms with Gasteiger partial charge in [0.05, 0.1) is 24.2 Å². The molecule has 1 aliphatic carbocycles. The topological polar surface area (TPSA) is 33.2 Å². The number of carbonyl (C=O) groups excluding carboxylic acids is 1. The van der Waals surface area contributed by atoms with Crippen molar-refractivity contribution in [1.82, 2.24) is 9.88 Å². The highest BCUT2D eigenvalue weighted by Gasteiger charge is 2.33. The quantitative estimate of drug-likeness (QED) is 0.516. The maximum Gasteiger partial charge on any atom is 0.416 e. The minimum Gasteiger partial charge on any atom is -0.334 e. The van der Waals surface area contributed by atoms with Crippen molar-refractivity contribution in [3.8, 4) is 10.6 Å². The van der Waals surface area contributed by atoms with E-state index in [4.69, 9.17) is 0 Å². The molecule has 3 aromatic rings. The molecule has 0 bridgehead atoms. The van der Waals surface area contributed by atoms with E-state index in [2.05, 4.69) is 4.98 Å². The molecule has 2 heterocycles. The van der Waals surface area contributed by atoms with E-state index in [0.29, 0.717) is 28.9 Å². The van der Waals surface area contributed by atoms with E-state index in [0.717, 1.165) is 29.9 Å².